The van der Waals surface area contributed by atoms with Crippen LogP contribution in [-0.4, -0.2) is 21.0 Å². The van der Waals surface area contributed by atoms with Crippen LogP contribution in [0.5, 0.6) is 0 Å². The van der Waals surface area contributed by atoms with E-state index in [1.165, 1.54) is 16.7 Å². The fourth-order valence-corrected chi connectivity index (χ4v) is 1.51. The maximum atomic E-state index is 6.00. The van der Waals surface area contributed by atoms with Gasteiger partial charge in [0.2, 0.25) is 0 Å². The average molecular weight is 244 g/mol. The van der Waals surface area contributed by atoms with Gasteiger partial charge in [-0.1, -0.05) is 51.5 Å². The molecule has 0 aromatic heterocycles. The molecule has 0 aliphatic carbocycles. The highest BCUT2D eigenvalue weighted by molar-refractivity contribution is 5.32. The molecule has 4 heteroatoms. The van der Waals surface area contributed by atoms with Gasteiger partial charge in [-0.2, -0.15) is 0 Å². The Kier molecular flexibility index (Phi) is 11.1. The predicted molar refractivity (Wildman–Crippen MR) is 69.9 cm³/mol. The quantitative estimate of drug-likeness (QED) is 0.462. The van der Waals surface area contributed by atoms with E-state index in [0.29, 0.717) is 11.8 Å². The minimum Gasteiger partial charge on any atom is -0.255 e. The zero-order valence-corrected chi connectivity index (χ0v) is 11.2. The van der Waals surface area contributed by atoms with Crippen LogP contribution in [0.3, 0.4) is 0 Å². The van der Waals surface area contributed by atoms with Gasteiger partial charge in [0, 0.05) is 0 Å². The second kappa shape index (κ2) is 10.2. The van der Waals surface area contributed by atoms with E-state index in [1.807, 2.05) is 0 Å². The van der Waals surface area contributed by atoms with Gasteiger partial charge in [0.25, 0.3) is 0 Å². The summed E-state index contributed by atoms with van der Waals surface area (Å²) in [5, 5.41) is 24.0. The molecule has 0 atom stereocenters. The van der Waals surface area contributed by atoms with E-state index in [1.54, 1.807) is 0 Å². The zero-order chi connectivity index (χ0) is 14.0. The lowest BCUT2D eigenvalue weighted by Gasteiger charge is -2.12. The first-order valence-electron chi connectivity index (χ1n) is 5.52. The lowest BCUT2D eigenvalue weighted by atomic mass is 9.94. The van der Waals surface area contributed by atoms with Gasteiger partial charge in [0.1, 0.15) is 0 Å². The van der Waals surface area contributed by atoms with Crippen LogP contribution < -0.4 is 0 Å². The Labute approximate surface area is 103 Å². The van der Waals surface area contributed by atoms with Crippen molar-refractivity contribution in [2.45, 2.75) is 46.5 Å². The third-order valence-corrected chi connectivity index (χ3v) is 2.46. The topological polar surface area (TPSA) is 80.9 Å². The molecule has 1 aromatic rings. The first kappa shape index (κ1) is 18.4. The highest BCUT2D eigenvalue weighted by Gasteiger charge is 2.04. The minimum atomic E-state index is 0.636. The maximum absolute atomic E-state index is 6.00. The fourth-order valence-electron chi connectivity index (χ4n) is 1.51. The molecule has 0 amide bonds. The Morgan fingerprint density at radius 2 is 1.00 bits per heavy atom. The van der Waals surface area contributed by atoms with Crippen LogP contribution in [0, 0.1) is 6.92 Å². The van der Waals surface area contributed by atoms with Crippen LogP contribution in [0.4, 0.5) is 0 Å². The second-order valence-corrected chi connectivity index (χ2v) is 4.49. The third kappa shape index (κ3) is 7.07. The molecule has 4 N–H and O–H groups in total. The van der Waals surface area contributed by atoms with Crippen LogP contribution in [-0.2, 0) is 0 Å². The first-order valence-corrected chi connectivity index (χ1v) is 5.52. The molecule has 0 bridgehead atoms. The molecule has 0 fully saturated rings. The number of rotatable bonds is 2. The minimum absolute atomic E-state index is 0.636. The maximum Gasteiger partial charge on any atom is -0.0219 e. The normalized spacial score (nSPS) is 9.35. The van der Waals surface area contributed by atoms with Crippen molar-refractivity contribution >= 4 is 0 Å². The Hall–Kier alpha value is -0.940. The average Bonchev–Trinajstić information content (AvgIpc) is 2.33. The van der Waals surface area contributed by atoms with Gasteiger partial charge in [-0.25, -0.2) is 0 Å². The fraction of sp³-hybridized carbons (Fsp3) is 0.538. The van der Waals surface area contributed by atoms with Crippen LogP contribution >= 0.6 is 0 Å². The van der Waals surface area contributed by atoms with E-state index >= 15 is 0 Å². The largest absolute Gasteiger partial charge is 0.255 e. The summed E-state index contributed by atoms with van der Waals surface area (Å²) in [6.07, 6.45) is 0. The highest BCUT2D eigenvalue weighted by atomic mass is 17.0. The van der Waals surface area contributed by atoms with Gasteiger partial charge in [-0.15, -0.1) is 0 Å². The molecule has 0 unspecified atom stereocenters. The van der Waals surface area contributed by atoms with E-state index in [9.17, 15) is 0 Å². The number of benzene rings is 1. The van der Waals surface area contributed by atoms with Crippen LogP contribution in [0.15, 0.2) is 18.2 Å². The third-order valence-electron chi connectivity index (χ3n) is 2.46. The molecule has 0 aliphatic heterocycles. The predicted octanol–water partition coefficient (Wildman–Crippen LogP) is 4.28. The molecule has 1 rings (SSSR count). The summed E-state index contributed by atoms with van der Waals surface area (Å²) < 4.78 is 0. The molecule has 0 heterocycles. The number of hydrogen-bond donors (Lipinski definition) is 4. The summed E-state index contributed by atoms with van der Waals surface area (Å²) in [7, 11) is 0. The van der Waals surface area contributed by atoms with Gasteiger partial charge in [-0.05, 0) is 29.9 Å². The zero-order valence-electron chi connectivity index (χ0n) is 11.2. The summed E-state index contributed by atoms with van der Waals surface area (Å²) >= 11 is 0. The van der Waals surface area contributed by atoms with Crippen molar-refractivity contribution in [1.29, 1.82) is 0 Å². The summed E-state index contributed by atoms with van der Waals surface area (Å²) in [4.78, 5) is 0. The molecule has 0 saturated heterocycles. The van der Waals surface area contributed by atoms with E-state index in [-0.39, 0.29) is 0 Å². The van der Waals surface area contributed by atoms with Crippen molar-refractivity contribution in [3.05, 3.63) is 34.9 Å². The molecule has 0 saturated carbocycles. The van der Waals surface area contributed by atoms with Gasteiger partial charge < -0.3 is 0 Å². The smallest absolute Gasteiger partial charge is 0.0219 e. The molecule has 0 radical (unpaired) electrons. The Bertz CT molecular complexity index is 269. The lowest BCUT2D eigenvalue weighted by molar-refractivity contribution is -0.176. The molecular formula is C13H24O4. The summed E-state index contributed by atoms with van der Waals surface area (Å²) in [6, 6.07) is 6.91. The standard InChI is InChI=1S/C13H20.2H2O2/c1-9(2)12-6-11(5)7-13(8-12)10(3)4;2*1-2/h6-10H,1-5H3;2*1-2H. The van der Waals surface area contributed by atoms with E-state index in [4.69, 9.17) is 21.0 Å². The van der Waals surface area contributed by atoms with Crippen molar-refractivity contribution in [2.24, 2.45) is 0 Å². The van der Waals surface area contributed by atoms with Crippen LogP contribution in [0.25, 0.3) is 0 Å². The van der Waals surface area contributed by atoms with Crippen molar-refractivity contribution in [3.8, 4) is 0 Å². The van der Waals surface area contributed by atoms with Gasteiger partial charge in [0.05, 0.1) is 0 Å². The van der Waals surface area contributed by atoms with E-state index in [2.05, 4.69) is 52.8 Å². The summed E-state index contributed by atoms with van der Waals surface area (Å²) in [6.45, 7) is 11.2. The highest BCUT2D eigenvalue weighted by Crippen LogP contribution is 2.22. The second-order valence-electron chi connectivity index (χ2n) is 4.49. The SMILES string of the molecule is Cc1cc(C(C)C)cc(C(C)C)c1.OO.OO. The monoisotopic (exact) mass is 244 g/mol. The number of aryl methyl sites for hydroxylation is 1. The molecule has 1 aromatic carbocycles. The molecule has 0 spiro atoms. The van der Waals surface area contributed by atoms with Crippen molar-refractivity contribution < 1.29 is 21.0 Å². The first-order chi connectivity index (χ1) is 8.00. The Morgan fingerprint density at radius 1 is 0.706 bits per heavy atom. The Balaban J connectivity index is 0. The van der Waals surface area contributed by atoms with Crippen molar-refractivity contribution in [1.82, 2.24) is 0 Å². The number of hydrogen-bond acceptors (Lipinski definition) is 4. The van der Waals surface area contributed by atoms with Gasteiger partial charge in [-0.3, -0.25) is 21.0 Å². The molecule has 17 heavy (non-hydrogen) atoms. The summed E-state index contributed by atoms with van der Waals surface area (Å²) in [5.74, 6) is 1.27. The van der Waals surface area contributed by atoms with E-state index in [0.717, 1.165) is 0 Å². The van der Waals surface area contributed by atoms with Crippen molar-refractivity contribution in [2.75, 3.05) is 0 Å². The van der Waals surface area contributed by atoms with E-state index < -0.39 is 0 Å². The summed E-state index contributed by atoms with van der Waals surface area (Å²) in [5.41, 5.74) is 4.31. The molecule has 4 nitrogen and oxygen atoms in total. The molecule has 0 aliphatic rings. The molecular weight excluding hydrogens is 220 g/mol. The van der Waals surface area contributed by atoms with Crippen LogP contribution in [0.1, 0.15) is 56.2 Å². The van der Waals surface area contributed by atoms with Gasteiger partial charge >= 0.3 is 0 Å². The van der Waals surface area contributed by atoms with Gasteiger partial charge in [0.15, 0.2) is 0 Å². The Morgan fingerprint density at radius 3 is 1.24 bits per heavy atom. The lowest BCUT2D eigenvalue weighted by Crippen LogP contribution is -1.94. The van der Waals surface area contributed by atoms with Crippen LogP contribution in [0.2, 0.25) is 0 Å². The molecule has 100 valence electrons. The van der Waals surface area contributed by atoms with Crippen molar-refractivity contribution in [3.63, 3.8) is 0 Å².